The number of pyridine rings is 2. The van der Waals surface area contributed by atoms with Crippen LogP contribution in [0.3, 0.4) is 0 Å². The quantitative estimate of drug-likeness (QED) is 0.234. The van der Waals surface area contributed by atoms with Crippen LogP contribution in [0.5, 0.6) is 5.88 Å². The summed E-state index contributed by atoms with van der Waals surface area (Å²) in [7, 11) is -2.04. The Morgan fingerprint density at radius 1 is 1.19 bits per heavy atom. The molecular weight excluding hydrogens is 567 g/mol. The van der Waals surface area contributed by atoms with Crippen LogP contribution in [0, 0.1) is 5.82 Å². The number of carbonyl (C=O) groups is 1. The highest BCUT2D eigenvalue weighted by Gasteiger charge is 2.58. The summed E-state index contributed by atoms with van der Waals surface area (Å²) in [6, 6.07) is 4.62. The Bertz CT molecular complexity index is 1630. The zero-order valence-electron chi connectivity index (χ0n) is 23.9. The SMILES string of the molecule is CC(C)NCCOc1ncc(-c2cc3c4c(cnc3cc2F)N(C)C(=O)C42CN(CC(O)CO)C2)cc1NS(C)(=O)=O. The number of aliphatic hydroxyl groups is 2. The molecule has 14 heteroatoms. The minimum Gasteiger partial charge on any atom is -0.475 e. The first-order chi connectivity index (χ1) is 19.8. The third kappa shape index (κ3) is 5.64. The highest BCUT2D eigenvalue weighted by atomic mass is 32.2. The maximum absolute atomic E-state index is 15.6. The lowest BCUT2D eigenvalue weighted by Crippen LogP contribution is -2.64. The number of halogens is 1. The third-order valence-corrected chi connectivity index (χ3v) is 8.10. The van der Waals surface area contributed by atoms with Gasteiger partial charge in [0.1, 0.15) is 23.5 Å². The summed E-state index contributed by atoms with van der Waals surface area (Å²) in [6.45, 7) is 5.23. The van der Waals surface area contributed by atoms with Crippen LogP contribution < -0.4 is 19.7 Å². The summed E-state index contributed by atoms with van der Waals surface area (Å²) in [5.74, 6) is -0.656. The fraction of sp³-hybridized carbons (Fsp3) is 0.464. The number of rotatable bonds is 11. The number of benzene rings is 1. The number of likely N-dealkylation sites (N-methyl/N-ethyl adjacent to an activating group) is 1. The first kappa shape index (κ1) is 30.0. The van der Waals surface area contributed by atoms with Gasteiger partial charge in [-0.25, -0.2) is 17.8 Å². The Labute approximate surface area is 243 Å². The maximum atomic E-state index is 15.6. The van der Waals surface area contributed by atoms with E-state index in [1.54, 1.807) is 24.2 Å². The second-order valence-corrected chi connectivity index (χ2v) is 13.0. The van der Waals surface area contributed by atoms with Crippen molar-refractivity contribution in [3.05, 3.63) is 42.0 Å². The molecule has 0 bridgehead atoms. The molecule has 2 aliphatic heterocycles. The van der Waals surface area contributed by atoms with Gasteiger partial charge in [-0.05, 0) is 12.1 Å². The summed E-state index contributed by atoms with van der Waals surface area (Å²) in [6.07, 6.45) is 3.05. The van der Waals surface area contributed by atoms with Crippen LogP contribution in [0.25, 0.3) is 22.0 Å². The van der Waals surface area contributed by atoms with Crippen molar-refractivity contribution in [3.8, 4) is 17.0 Å². The number of amides is 1. The molecule has 4 N–H and O–H groups in total. The van der Waals surface area contributed by atoms with E-state index in [-0.39, 0.29) is 48.8 Å². The molecule has 1 unspecified atom stereocenters. The van der Waals surface area contributed by atoms with E-state index in [0.717, 1.165) is 11.8 Å². The first-order valence-corrected chi connectivity index (χ1v) is 15.5. The van der Waals surface area contributed by atoms with Crippen molar-refractivity contribution >= 4 is 38.2 Å². The highest BCUT2D eigenvalue weighted by Crippen LogP contribution is 2.50. The second-order valence-electron chi connectivity index (χ2n) is 11.2. The van der Waals surface area contributed by atoms with E-state index in [2.05, 4.69) is 20.0 Å². The van der Waals surface area contributed by atoms with Crippen LogP contribution in [-0.4, -0.2) is 104 Å². The molecule has 1 amide bonds. The van der Waals surface area contributed by atoms with Gasteiger partial charge in [-0.15, -0.1) is 0 Å². The fourth-order valence-corrected chi connectivity index (χ4v) is 6.24. The highest BCUT2D eigenvalue weighted by molar-refractivity contribution is 7.92. The van der Waals surface area contributed by atoms with E-state index >= 15 is 4.39 Å². The molecule has 1 fully saturated rings. The Balaban J connectivity index is 1.56. The Hall–Kier alpha value is -3.43. The van der Waals surface area contributed by atoms with Crippen molar-refractivity contribution in [2.45, 2.75) is 31.4 Å². The van der Waals surface area contributed by atoms with Gasteiger partial charge in [-0.3, -0.25) is 19.4 Å². The molecule has 0 saturated carbocycles. The molecule has 2 aliphatic rings. The summed E-state index contributed by atoms with van der Waals surface area (Å²) < 4.78 is 47.9. The van der Waals surface area contributed by atoms with Crippen LogP contribution >= 0.6 is 0 Å². The van der Waals surface area contributed by atoms with Crippen molar-refractivity contribution in [1.82, 2.24) is 20.2 Å². The molecule has 3 aromatic rings. The van der Waals surface area contributed by atoms with Crippen molar-refractivity contribution in [2.75, 3.05) is 62.3 Å². The molecule has 0 aliphatic carbocycles. The van der Waals surface area contributed by atoms with Gasteiger partial charge >= 0.3 is 0 Å². The summed E-state index contributed by atoms with van der Waals surface area (Å²) in [4.78, 5) is 25.6. The number of nitrogens with zero attached hydrogens (tertiary/aromatic N) is 4. The monoisotopic (exact) mass is 602 g/mol. The molecule has 12 nitrogen and oxygen atoms in total. The number of fused-ring (bicyclic) bond motifs is 4. The lowest BCUT2D eigenvalue weighted by molar-refractivity contribution is -0.130. The van der Waals surface area contributed by atoms with E-state index in [1.165, 1.54) is 18.3 Å². The van der Waals surface area contributed by atoms with Gasteiger partial charge in [-0.2, -0.15) is 0 Å². The van der Waals surface area contributed by atoms with Crippen LogP contribution in [0.15, 0.2) is 30.6 Å². The molecule has 2 aromatic heterocycles. The van der Waals surface area contributed by atoms with Crippen molar-refractivity contribution in [3.63, 3.8) is 0 Å². The number of aromatic nitrogens is 2. The Morgan fingerprint density at radius 2 is 1.93 bits per heavy atom. The number of likely N-dealkylation sites (tertiary alicyclic amines) is 1. The molecule has 42 heavy (non-hydrogen) atoms. The van der Waals surface area contributed by atoms with Crippen molar-refractivity contribution in [2.24, 2.45) is 0 Å². The summed E-state index contributed by atoms with van der Waals surface area (Å²) >= 11 is 0. The van der Waals surface area contributed by atoms with E-state index in [0.29, 0.717) is 41.8 Å². The van der Waals surface area contributed by atoms with Crippen molar-refractivity contribution < 1.29 is 32.6 Å². The largest absolute Gasteiger partial charge is 0.475 e. The van der Waals surface area contributed by atoms with E-state index in [1.807, 2.05) is 18.7 Å². The van der Waals surface area contributed by atoms with Crippen LogP contribution in [0.1, 0.15) is 19.4 Å². The lowest BCUT2D eigenvalue weighted by atomic mass is 9.73. The molecule has 1 atom stereocenters. The number of sulfonamides is 1. The Morgan fingerprint density at radius 3 is 2.60 bits per heavy atom. The summed E-state index contributed by atoms with van der Waals surface area (Å²) in [5, 5.41) is 22.9. The van der Waals surface area contributed by atoms with Crippen LogP contribution in [0.4, 0.5) is 15.8 Å². The zero-order chi connectivity index (χ0) is 30.4. The molecule has 226 valence electrons. The molecular formula is C28H35FN6O6S. The number of hydrogen-bond donors (Lipinski definition) is 4. The normalized spacial score (nSPS) is 17.1. The number of carbonyl (C=O) groups excluding carboxylic acids is 1. The average molecular weight is 603 g/mol. The number of anilines is 2. The van der Waals surface area contributed by atoms with Gasteiger partial charge in [0, 0.05) is 73.6 Å². The standard InChI is InChI=1S/C28H35FN6O6S/c1-16(2)30-5-6-41-26-23(33-42(4,39)40)7-17(10-32-26)19-8-20-22(9-21(19)29)31-11-24-25(20)28(27(38)34(24)3)14-35(15-28)12-18(37)13-36/h7-11,16,18,30,33,36-37H,5-6,12-15H2,1-4H3. The molecule has 1 aromatic carbocycles. The van der Waals surface area contributed by atoms with Gasteiger partial charge in [0.2, 0.25) is 21.8 Å². The predicted molar refractivity (Wildman–Crippen MR) is 157 cm³/mol. The number of hydrogen-bond acceptors (Lipinski definition) is 10. The predicted octanol–water partition coefficient (Wildman–Crippen LogP) is 1.07. The molecule has 1 spiro atoms. The molecule has 0 radical (unpaired) electrons. The van der Waals surface area contributed by atoms with E-state index in [9.17, 15) is 23.4 Å². The lowest BCUT2D eigenvalue weighted by Gasteiger charge is -2.47. The van der Waals surface area contributed by atoms with Crippen molar-refractivity contribution in [1.29, 1.82) is 0 Å². The number of β-amino-alcohol motifs (C(OH)–C–C–N with tert-alkyl or cyclic N) is 1. The van der Waals surface area contributed by atoms with E-state index < -0.39 is 27.4 Å². The van der Waals surface area contributed by atoms with Gasteiger partial charge in [-0.1, -0.05) is 13.8 Å². The number of ether oxygens (including phenoxy) is 1. The van der Waals surface area contributed by atoms with Gasteiger partial charge < -0.3 is 25.2 Å². The number of aliphatic hydroxyl groups excluding tert-OH is 2. The zero-order valence-corrected chi connectivity index (χ0v) is 24.7. The van der Waals surface area contributed by atoms with Crippen LogP contribution in [0.2, 0.25) is 0 Å². The maximum Gasteiger partial charge on any atom is 0.240 e. The molecule has 1 saturated heterocycles. The minimum atomic E-state index is -3.71. The average Bonchev–Trinajstić information content (AvgIpc) is 3.12. The van der Waals surface area contributed by atoms with Gasteiger partial charge in [0.25, 0.3) is 0 Å². The first-order valence-electron chi connectivity index (χ1n) is 13.6. The molecule has 5 rings (SSSR count). The van der Waals surface area contributed by atoms with Gasteiger partial charge in [0.15, 0.2) is 0 Å². The van der Waals surface area contributed by atoms with E-state index in [4.69, 9.17) is 4.74 Å². The van der Waals surface area contributed by atoms with Gasteiger partial charge in [0.05, 0.1) is 36.4 Å². The van der Waals surface area contributed by atoms with Crippen LogP contribution in [-0.2, 0) is 20.2 Å². The second kappa shape index (κ2) is 11.3. The Kier molecular flexibility index (Phi) is 8.11. The topological polar surface area (TPSA) is 157 Å². The third-order valence-electron chi connectivity index (χ3n) is 7.51. The summed E-state index contributed by atoms with van der Waals surface area (Å²) in [5.41, 5.74) is 1.32. The minimum absolute atomic E-state index is 0.0595. The smallest absolute Gasteiger partial charge is 0.240 e. The number of nitrogens with one attached hydrogen (secondary N) is 2. The fourth-order valence-electron chi connectivity index (χ4n) is 5.70. The molecule has 4 heterocycles.